The molecule has 0 spiro atoms. The molecular formula is C15H13BrFN3O5S. The molecule has 0 heterocycles. The number of hydrogen-bond donors (Lipinski definition) is 4. The molecule has 11 heteroatoms. The molecule has 0 aliphatic heterocycles. The van der Waals surface area contributed by atoms with Crippen LogP contribution < -0.4 is 15.8 Å². The van der Waals surface area contributed by atoms with Gasteiger partial charge in [0, 0.05) is 17.1 Å². The third kappa shape index (κ3) is 4.29. The van der Waals surface area contributed by atoms with E-state index in [0.29, 0.717) is 0 Å². The molecule has 0 bridgehead atoms. The Morgan fingerprint density at radius 3 is 2.42 bits per heavy atom. The lowest BCUT2D eigenvalue weighted by Gasteiger charge is -2.14. The van der Waals surface area contributed by atoms with E-state index in [1.165, 1.54) is 25.1 Å². The monoisotopic (exact) mass is 445 g/mol. The molecule has 8 nitrogen and oxygen atoms in total. The summed E-state index contributed by atoms with van der Waals surface area (Å²) in [5.41, 5.74) is 4.91. The van der Waals surface area contributed by atoms with Crippen molar-refractivity contribution in [3.63, 3.8) is 0 Å². The van der Waals surface area contributed by atoms with Crippen LogP contribution in [0.3, 0.4) is 0 Å². The standard InChI is InChI=1S/C15H13BrFN3O5S/c1-7(21)19-9-2-3-13(11(17)6-9)26(24,25)20-12-5-8(16)4-10(14(12)18)15(22)23/h2-6,20H,18H2,1H3,(H,19,21)(H,22,23). The van der Waals surface area contributed by atoms with Gasteiger partial charge < -0.3 is 16.2 Å². The van der Waals surface area contributed by atoms with Gasteiger partial charge in [-0.25, -0.2) is 17.6 Å². The van der Waals surface area contributed by atoms with Crippen LogP contribution in [0, 0.1) is 5.82 Å². The molecule has 0 fully saturated rings. The number of nitrogens with one attached hydrogen (secondary N) is 2. The molecule has 2 aromatic carbocycles. The highest BCUT2D eigenvalue weighted by Crippen LogP contribution is 2.31. The van der Waals surface area contributed by atoms with Crippen LogP contribution in [0.15, 0.2) is 39.7 Å². The van der Waals surface area contributed by atoms with E-state index in [9.17, 15) is 22.4 Å². The molecule has 0 saturated carbocycles. The Bertz CT molecular complexity index is 1010. The van der Waals surface area contributed by atoms with Gasteiger partial charge in [-0.15, -0.1) is 0 Å². The first-order valence-corrected chi connectivity index (χ1v) is 9.21. The zero-order valence-electron chi connectivity index (χ0n) is 13.2. The quantitative estimate of drug-likeness (QED) is 0.521. The summed E-state index contributed by atoms with van der Waals surface area (Å²) < 4.78 is 41.4. The van der Waals surface area contributed by atoms with E-state index in [1.54, 1.807) is 0 Å². The molecule has 0 aliphatic rings. The van der Waals surface area contributed by atoms with E-state index < -0.39 is 32.6 Å². The Morgan fingerprint density at radius 1 is 1.23 bits per heavy atom. The number of hydrogen-bond acceptors (Lipinski definition) is 5. The molecule has 26 heavy (non-hydrogen) atoms. The van der Waals surface area contributed by atoms with Crippen LogP contribution in [0.5, 0.6) is 0 Å². The molecule has 0 atom stereocenters. The fourth-order valence-electron chi connectivity index (χ4n) is 2.08. The van der Waals surface area contributed by atoms with Crippen LogP contribution in [0.4, 0.5) is 21.5 Å². The van der Waals surface area contributed by atoms with Gasteiger partial charge in [-0.1, -0.05) is 15.9 Å². The minimum absolute atomic E-state index is 0.0871. The molecule has 2 aromatic rings. The van der Waals surface area contributed by atoms with Gasteiger partial charge in [0.25, 0.3) is 10.0 Å². The molecule has 0 aliphatic carbocycles. The van der Waals surface area contributed by atoms with Crippen LogP contribution in [-0.2, 0) is 14.8 Å². The first-order chi connectivity index (χ1) is 12.0. The number of anilines is 3. The fraction of sp³-hybridized carbons (Fsp3) is 0.0667. The molecule has 0 unspecified atom stereocenters. The van der Waals surface area contributed by atoms with Gasteiger partial charge in [-0.2, -0.15) is 0 Å². The summed E-state index contributed by atoms with van der Waals surface area (Å²) in [7, 11) is -4.40. The van der Waals surface area contributed by atoms with Gasteiger partial charge in [0.15, 0.2) is 0 Å². The summed E-state index contributed by atoms with van der Waals surface area (Å²) in [4.78, 5) is 21.5. The third-order valence-electron chi connectivity index (χ3n) is 3.16. The summed E-state index contributed by atoms with van der Waals surface area (Å²) in [6.45, 7) is 1.22. The number of carboxylic acid groups (broad SMARTS) is 1. The molecule has 2 rings (SSSR count). The van der Waals surface area contributed by atoms with Gasteiger partial charge in [-0.05, 0) is 30.3 Å². The summed E-state index contributed by atoms with van der Waals surface area (Å²) >= 11 is 3.06. The predicted octanol–water partition coefficient (Wildman–Crippen LogP) is 2.63. The molecular weight excluding hydrogens is 433 g/mol. The third-order valence-corrected chi connectivity index (χ3v) is 5.02. The average Bonchev–Trinajstić information content (AvgIpc) is 2.49. The maximum absolute atomic E-state index is 14.2. The van der Waals surface area contributed by atoms with Crippen LogP contribution in [0.2, 0.25) is 0 Å². The van der Waals surface area contributed by atoms with Crippen LogP contribution in [-0.4, -0.2) is 25.4 Å². The number of carbonyl (C=O) groups is 2. The van der Waals surface area contributed by atoms with Crippen molar-refractivity contribution in [2.45, 2.75) is 11.8 Å². The minimum Gasteiger partial charge on any atom is -0.478 e. The SMILES string of the molecule is CC(=O)Nc1ccc(S(=O)(=O)Nc2cc(Br)cc(C(=O)O)c2N)c(F)c1. The Labute approximate surface area is 156 Å². The van der Waals surface area contributed by atoms with Crippen molar-refractivity contribution in [2.75, 3.05) is 15.8 Å². The number of benzene rings is 2. The molecule has 5 N–H and O–H groups in total. The van der Waals surface area contributed by atoms with E-state index in [4.69, 9.17) is 10.8 Å². The van der Waals surface area contributed by atoms with Crippen LogP contribution >= 0.6 is 15.9 Å². The first-order valence-electron chi connectivity index (χ1n) is 6.93. The van der Waals surface area contributed by atoms with Crippen molar-refractivity contribution in [2.24, 2.45) is 0 Å². The highest BCUT2D eigenvalue weighted by Gasteiger charge is 2.22. The molecule has 1 amide bonds. The van der Waals surface area contributed by atoms with Crippen molar-refractivity contribution >= 4 is 54.9 Å². The number of sulfonamides is 1. The van der Waals surface area contributed by atoms with Gasteiger partial charge in [0.1, 0.15) is 10.7 Å². The van der Waals surface area contributed by atoms with Crippen LogP contribution in [0.1, 0.15) is 17.3 Å². The molecule has 0 radical (unpaired) electrons. The number of nitrogen functional groups attached to an aromatic ring is 1. The highest BCUT2D eigenvalue weighted by molar-refractivity contribution is 9.10. The lowest BCUT2D eigenvalue weighted by molar-refractivity contribution is -0.114. The van der Waals surface area contributed by atoms with Crippen molar-refractivity contribution in [1.82, 2.24) is 0 Å². The summed E-state index contributed by atoms with van der Waals surface area (Å²) in [5, 5.41) is 11.4. The smallest absolute Gasteiger partial charge is 0.337 e. The van der Waals surface area contributed by atoms with Gasteiger partial charge >= 0.3 is 5.97 Å². The van der Waals surface area contributed by atoms with E-state index in [2.05, 4.69) is 26.0 Å². The topological polar surface area (TPSA) is 139 Å². The molecule has 138 valence electrons. The Balaban J connectivity index is 2.44. The average molecular weight is 446 g/mol. The second-order valence-electron chi connectivity index (χ2n) is 5.15. The Kier molecular flexibility index (Phi) is 5.52. The van der Waals surface area contributed by atoms with Crippen LogP contribution in [0.25, 0.3) is 0 Å². The molecule has 0 saturated heterocycles. The summed E-state index contributed by atoms with van der Waals surface area (Å²) in [6, 6.07) is 5.49. The number of aromatic carboxylic acids is 1. The predicted molar refractivity (Wildman–Crippen MR) is 97.0 cm³/mol. The second kappa shape index (κ2) is 7.30. The zero-order chi connectivity index (χ0) is 19.6. The van der Waals surface area contributed by atoms with Crippen molar-refractivity contribution in [1.29, 1.82) is 0 Å². The largest absolute Gasteiger partial charge is 0.478 e. The number of nitrogens with two attached hydrogens (primary N) is 1. The number of carbonyl (C=O) groups excluding carboxylic acids is 1. The first kappa shape index (κ1) is 19.7. The lowest BCUT2D eigenvalue weighted by Crippen LogP contribution is -2.17. The lowest BCUT2D eigenvalue weighted by atomic mass is 10.1. The van der Waals surface area contributed by atoms with E-state index >= 15 is 0 Å². The van der Waals surface area contributed by atoms with E-state index in [-0.39, 0.29) is 27.1 Å². The maximum atomic E-state index is 14.2. The minimum atomic E-state index is -4.40. The Hall–Kier alpha value is -2.66. The zero-order valence-corrected chi connectivity index (χ0v) is 15.6. The number of carboxylic acids is 1. The summed E-state index contributed by atoms with van der Waals surface area (Å²) in [6.07, 6.45) is 0. The van der Waals surface area contributed by atoms with Crippen molar-refractivity contribution < 1.29 is 27.5 Å². The molecule has 0 aromatic heterocycles. The Morgan fingerprint density at radius 2 is 1.88 bits per heavy atom. The number of amides is 1. The fourth-order valence-corrected chi connectivity index (χ4v) is 3.67. The second-order valence-corrected chi connectivity index (χ2v) is 7.72. The number of rotatable bonds is 5. The van der Waals surface area contributed by atoms with Gasteiger partial charge in [0.2, 0.25) is 5.91 Å². The highest BCUT2D eigenvalue weighted by atomic mass is 79.9. The van der Waals surface area contributed by atoms with E-state index in [1.807, 2.05) is 0 Å². The van der Waals surface area contributed by atoms with Crippen molar-refractivity contribution in [3.8, 4) is 0 Å². The van der Waals surface area contributed by atoms with Crippen molar-refractivity contribution in [3.05, 3.63) is 46.2 Å². The summed E-state index contributed by atoms with van der Waals surface area (Å²) in [5.74, 6) is -2.90. The van der Waals surface area contributed by atoms with Gasteiger partial charge in [-0.3, -0.25) is 9.52 Å². The van der Waals surface area contributed by atoms with Gasteiger partial charge in [0.05, 0.1) is 16.9 Å². The normalized spacial score (nSPS) is 11.0. The maximum Gasteiger partial charge on any atom is 0.337 e. The number of halogens is 2. The van der Waals surface area contributed by atoms with E-state index in [0.717, 1.165) is 12.1 Å².